The number of hydrogen-bond donors (Lipinski definition) is 1. The summed E-state index contributed by atoms with van der Waals surface area (Å²) in [7, 11) is 0. The molecule has 1 rings (SSSR count). The van der Waals surface area contributed by atoms with Gasteiger partial charge in [0.05, 0.1) is 5.60 Å². The fourth-order valence-corrected chi connectivity index (χ4v) is 1.29. The van der Waals surface area contributed by atoms with Gasteiger partial charge < -0.3 is 10.1 Å². The molecule has 1 amide bonds. The molecule has 0 saturated heterocycles. The van der Waals surface area contributed by atoms with Gasteiger partial charge in [-0.25, -0.2) is 0 Å². The van der Waals surface area contributed by atoms with Gasteiger partial charge >= 0.3 is 0 Å². The average Bonchev–Trinajstić information content (AvgIpc) is 2.81. The summed E-state index contributed by atoms with van der Waals surface area (Å²) in [5, 5.41) is 2.95. The van der Waals surface area contributed by atoms with Crippen molar-refractivity contribution >= 4 is 5.91 Å². The predicted octanol–water partition coefficient (Wildman–Crippen LogP) is 1.72. The molecule has 0 aliphatic heterocycles. The first kappa shape index (κ1) is 11.5. The van der Waals surface area contributed by atoms with Crippen molar-refractivity contribution in [3.63, 3.8) is 0 Å². The minimum atomic E-state index is -0.236. The van der Waals surface area contributed by atoms with Gasteiger partial charge in [-0.1, -0.05) is 0 Å². The molecule has 0 aromatic heterocycles. The normalized spacial score (nSPS) is 19.1. The second-order valence-corrected chi connectivity index (χ2v) is 5.09. The number of ether oxygens (including phenoxy) is 1. The van der Waals surface area contributed by atoms with Gasteiger partial charge in [0, 0.05) is 6.04 Å². The number of nitrogens with one attached hydrogen (secondary N) is 1. The Morgan fingerprint density at radius 2 is 2.07 bits per heavy atom. The largest absolute Gasteiger partial charge is 0.366 e. The van der Waals surface area contributed by atoms with Crippen molar-refractivity contribution in [2.24, 2.45) is 5.92 Å². The van der Waals surface area contributed by atoms with E-state index in [-0.39, 0.29) is 18.1 Å². The molecule has 1 saturated carbocycles. The zero-order valence-electron chi connectivity index (χ0n) is 9.59. The summed E-state index contributed by atoms with van der Waals surface area (Å²) in [4.78, 5) is 11.4. The van der Waals surface area contributed by atoms with Crippen LogP contribution in [-0.2, 0) is 9.53 Å². The Balaban J connectivity index is 2.15. The Kier molecular flexibility index (Phi) is 3.53. The topological polar surface area (TPSA) is 38.3 Å². The van der Waals surface area contributed by atoms with E-state index in [1.807, 2.05) is 20.8 Å². The van der Waals surface area contributed by atoms with Gasteiger partial charge in [0.2, 0.25) is 5.91 Å². The molecule has 0 spiro atoms. The highest BCUT2D eigenvalue weighted by Gasteiger charge is 2.28. The van der Waals surface area contributed by atoms with Crippen molar-refractivity contribution in [2.45, 2.75) is 52.2 Å². The van der Waals surface area contributed by atoms with Crippen LogP contribution >= 0.6 is 0 Å². The second-order valence-electron chi connectivity index (χ2n) is 5.09. The minimum absolute atomic E-state index is 0.000625. The van der Waals surface area contributed by atoms with Crippen molar-refractivity contribution in [1.82, 2.24) is 5.32 Å². The third kappa shape index (κ3) is 4.61. The Morgan fingerprint density at radius 1 is 1.50 bits per heavy atom. The van der Waals surface area contributed by atoms with Crippen molar-refractivity contribution in [3.05, 3.63) is 0 Å². The van der Waals surface area contributed by atoms with Crippen LogP contribution in [0.3, 0.4) is 0 Å². The molecule has 14 heavy (non-hydrogen) atoms. The lowest BCUT2D eigenvalue weighted by atomic mass is 10.2. The van der Waals surface area contributed by atoms with Crippen molar-refractivity contribution in [1.29, 1.82) is 0 Å². The number of carbonyl (C=O) groups is 1. The molecule has 1 aliphatic carbocycles. The lowest BCUT2D eigenvalue weighted by Crippen LogP contribution is -2.38. The highest BCUT2D eigenvalue weighted by molar-refractivity contribution is 5.77. The molecule has 1 aliphatic rings. The molecule has 0 heterocycles. The second kappa shape index (κ2) is 4.30. The molecule has 0 radical (unpaired) electrons. The Labute approximate surface area is 86.2 Å². The molecule has 0 bridgehead atoms. The fraction of sp³-hybridized carbons (Fsp3) is 0.909. The highest BCUT2D eigenvalue weighted by Crippen LogP contribution is 2.32. The van der Waals surface area contributed by atoms with Gasteiger partial charge in [-0.15, -0.1) is 0 Å². The van der Waals surface area contributed by atoms with Crippen LogP contribution < -0.4 is 5.32 Å². The maximum atomic E-state index is 11.4. The van der Waals surface area contributed by atoms with Crippen LogP contribution in [0.2, 0.25) is 0 Å². The third-order valence-electron chi connectivity index (χ3n) is 2.35. The van der Waals surface area contributed by atoms with Crippen LogP contribution in [0.15, 0.2) is 0 Å². The van der Waals surface area contributed by atoms with Crippen LogP contribution in [0.25, 0.3) is 0 Å². The summed E-state index contributed by atoms with van der Waals surface area (Å²) in [5.74, 6) is 0.702. The molecular weight excluding hydrogens is 178 g/mol. The van der Waals surface area contributed by atoms with Crippen LogP contribution in [0.4, 0.5) is 0 Å². The zero-order chi connectivity index (χ0) is 10.8. The van der Waals surface area contributed by atoms with Gasteiger partial charge in [0.15, 0.2) is 0 Å². The monoisotopic (exact) mass is 199 g/mol. The zero-order valence-corrected chi connectivity index (χ0v) is 9.59. The molecule has 1 unspecified atom stereocenters. The molecule has 3 nitrogen and oxygen atoms in total. The summed E-state index contributed by atoms with van der Waals surface area (Å²) >= 11 is 0. The van der Waals surface area contributed by atoms with E-state index in [1.165, 1.54) is 12.8 Å². The lowest BCUT2D eigenvalue weighted by Gasteiger charge is -2.20. The molecule has 1 N–H and O–H groups in total. The maximum Gasteiger partial charge on any atom is 0.246 e. The molecule has 82 valence electrons. The summed E-state index contributed by atoms with van der Waals surface area (Å²) in [6.45, 7) is 8.08. The Morgan fingerprint density at radius 3 is 2.50 bits per heavy atom. The molecular formula is C11H21NO2. The van der Waals surface area contributed by atoms with Crippen LogP contribution in [0.5, 0.6) is 0 Å². The maximum absolute atomic E-state index is 11.4. The SMILES string of the molecule is CC(NC(=O)COC(C)(C)C)C1CC1. The van der Waals surface area contributed by atoms with Crippen molar-refractivity contribution in [2.75, 3.05) is 6.61 Å². The molecule has 1 atom stereocenters. The van der Waals surface area contributed by atoms with E-state index in [0.29, 0.717) is 12.0 Å². The smallest absolute Gasteiger partial charge is 0.246 e. The summed E-state index contributed by atoms with van der Waals surface area (Å²) in [6.07, 6.45) is 2.50. The van der Waals surface area contributed by atoms with Crippen LogP contribution in [-0.4, -0.2) is 24.2 Å². The molecule has 3 heteroatoms. The van der Waals surface area contributed by atoms with Gasteiger partial charge in [-0.3, -0.25) is 4.79 Å². The third-order valence-corrected chi connectivity index (χ3v) is 2.35. The summed E-state index contributed by atoms with van der Waals surface area (Å²) in [5.41, 5.74) is -0.236. The molecule has 0 aromatic carbocycles. The number of carbonyl (C=O) groups excluding carboxylic acids is 1. The summed E-state index contributed by atoms with van der Waals surface area (Å²) < 4.78 is 5.38. The van der Waals surface area contributed by atoms with E-state index in [0.717, 1.165) is 0 Å². The van der Waals surface area contributed by atoms with E-state index in [2.05, 4.69) is 12.2 Å². The first-order valence-electron chi connectivity index (χ1n) is 5.32. The number of hydrogen-bond acceptors (Lipinski definition) is 2. The average molecular weight is 199 g/mol. The Hall–Kier alpha value is -0.570. The van der Waals surface area contributed by atoms with E-state index in [4.69, 9.17) is 4.74 Å². The minimum Gasteiger partial charge on any atom is -0.366 e. The number of rotatable bonds is 4. The van der Waals surface area contributed by atoms with Gasteiger partial charge in [-0.05, 0) is 46.5 Å². The van der Waals surface area contributed by atoms with Crippen LogP contribution in [0, 0.1) is 5.92 Å². The highest BCUT2D eigenvalue weighted by atomic mass is 16.5. The van der Waals surface area contributed by atoms with Crippen LogP contribution in [0.1, 0.15) is 40.5 Å². The predicted molar refractivity (Wildman–Crippen MR) is 56.0 cm³/mol. The fourth-order valence-electron chi connectivity index (χ4n) is 1.29. The standard InChI is InChI=1S/C11H21NO2/c1-8(9-5-6-9)12-10(13)7-14-11(2,3)4/h8-9H,5-7H2,1-4H3,(H,12,13). The van der Waals surface area contributed by atoms with Crippen molar-refractivity contribution in [3.8, 4) is 0 Å². The van der Waals surface area contributed by atoms with Gasteiger partial charge in [0.25, 0.3) is 0 Å². The van der Waals surface area contributed by atoms with E-state index < -0.39 is 0 Å². The van der Waals surface area contributed by atoms with E-state index >= 15 is 0 Å². The van der Waals surface area contributed by atoms with E-state index in [9.17, 15) is 4.79 Å². The van der Waals surface area contributed by atoms with E-state index in [1.54, 1.807) is 0 Å². The first-order valence-corrected chi connectivity index (χ1v) is 5.32. The molecule has 0 aromatic rings. The lowest BCUT2D eigenvalue weighted by molar-refractivity contribution is -0.131. The number of amides is 1. The first-order chi connectivity index (χ1) is 6.38. The molecule has 1 fully saturated rings. The Bertz CT molecular complexity index is 204. The van der Waals surface area contributed by atoms with Gasteiger partial charge in [-0.2, -0.15) is 0 Å². The van der Waals surface area contributed by atoms with Crippen molar-refractivity contribution < 1.29 is 9.53 Å². The van der Waals surface area contributed by atoms with Gasteiger partial charge in [0.1, 0.15) is 6.61 Å². The quantitative estimate of drug-likeness (QED) is 0.748. The summed E-state index contributed by atoms with van der Waals surface area (Å²) in [6, 6.07) is 0.311.